The number of benzene rings is 2. The van der Waals surface area contributed by atoms with Crippen molar-refractivity contribution in [2.75, 3.05) is 40.0 Å². The van der Waals surface area contributed by atoms with Crippen molar-refractivity contribution in [3.05, 3.63) is 53.1 Å². The smallest absolute Gasteiger partial charge is 0.258 e. The average molecular weight is 455 g/mol. The SMILES string of the molecule is COc1ccc(CNC(=O)COc2ccc(S(=O)(=O)N3CCOCC3)cc2Cl)cc1. The fraction of sp³-hybridized carbons (Fsp3) is 0.350. The fourth-order valence-corrected chi connectivity index (χ4v) is 4.57. The lowest BCUT2D eigenvalue weighted by atomic mass is 10.2. The summed E-state index contributed by atoms with van der Waals surface area (Å²) in [6.45, 7) is 1.42. The number of sulfonamides is 1. The largest absolute Gasteiger partial charge is 0.497 e. The molecule has 10 heteroatoms. The molecule has 1 aliphatic heterocycles. The molecule has 1 saturated heterocycles. The summed E-state index contributed by atoms with van der Waals surface area (Å²) in [6.07, 6.45) is 0. The van der Waals surface area contributed by atoms with Crippen LogP contribution < -0.4 is 14.8 Å². The predicted molar refractivity (Wildman–Crippen MR) is 111 cm³/mol. The number of halogens is 1. The second-order valence-corrected chi connectivity index (χ2v) is 8.87. The van der Waals surface area contributed by atoms with E-state index in [2.05, 4.69) is 5.32 Å². The van der Waals surface area contributed by atoms with E-state index in [4.69, 9.17) is 25.8 Å². The monoisotopic (exact) mass is 454 g/mol. The maximum absolute atomic E-state index is 12.7. The molecular weight excluding hydrogens is 432 g/mol. The number of nitrogens with zero attached hydrogens (tertiary/aromatic N) is 1. The van der Waals surface area contributed by atoms with E-state index in [-0.39, 0.29) is 28.2 Å². The summed E-state index contributed by atoms with van der Waals surface area (Å²) in [7, 11) is -2.06. The second-order valence-electron chi connectivity index (χ2n) is 6.52. The zero-order valence-corrected chi connectivity index (χ0v) is 18.0. The van der Waals surface area contributed by atoms with Gasteiger partial charge in [-0.15, -0.1) is 0 Å². The zero-order chi connectivity index (χ0) is 21.6. The van der Waals surface area contributed by atoms with Crippen molar-refractivity contribution < 1.29 is 27.4 Å². The van der Waals surface area contributed by atoms with Crippen molar-refractivity contribution in [2.24, 2.45) is 0 Å². The number of carbonyl (C=O) groups is 1. The molecule has 1 amide bonds. The quantitative estimate of drug-likeness (QED) is 0.656. The van der Waals surface area contributed by atoms with E-state index in [9.17, 15) is 13.2 Å². The maximum atomic E-state index is 12.7. The van der Waals surface area contributed by atoms with Gasteiger partial charge in [0.15, 0.2) is 6.61 Å². The predicted octanol–water partition coefficient (Wildman–Crippen LogP) is 2.06. The van der Waals surface area contributed by atoms with E-state index in [1.807, 2.05) is 24.3 Å². The van der Waals surface area contributed by atoms with Gasteiger partial charge >= 0.3 is 0 Å². The highest BCUT2D eigenvalue weighted by atomic mass is 35.5. The first-order chi connectivity index (χ1) is 14.4. The lowest BCUT2D eigenvalue weighted by Crippen LogP contribution is -2.40. The van der Waals surface area contributed by atoms with Crippen LogP contribution in [-0.2, 0) is 26.1 Å². The minimum Gasteiger partial charge on any atom is -0.497 e. The lowest BCUT2D eigenvalue weighted by molar-refractivity contribution is -0.123. The van der Waals surface area contributed by atoms with Crippen LogP contribution in [0.3, 0.4) is 0 Å². The van der Waals surface area contributed by atoms with E-state index >= 15 is 0 Å². The third-order valence-corrected chi connectivity index (χ3v) is 6.71. The van der Waals surface area contributed by atoms with E-state index in [1.165, 1.54) is 22.5 Å². The van der Waals surface area contributed by atoms with Gasteiger partial charge in [-0.1, -0.05) is 23.7 Å². The Morgan fingerprint density at radius 2 is 1.87 bits per heavy atom. The summed E-state index contributed by atoms with van der Waals surface area (Å²) < 4.78 is 42.4. The van der Waals surface area contributed by atoms with E-state index < -0.39 is 10.0 Å². The molecular formula is C20H23ClN2O6S. The van der Waals surface area contributed by atoms with Crippen LogP contribution >= 0.6 is 11.6 Å². The van der Waals surface area contributed by atoms with Crippen molar-refractivity contribution in [2.45, 2.75) is 11.4 Å². The Kier molecular flexibility index (Phi) is 7.54. The normalized spacial score (nSPS) is 14.9. The lowest BCUT2D eigenvalue weighted by Gasteiger charge is -2.26. The minimum atomic E-state index is -3.65. The number of hydrogen-bond donors (Lipinski definition) is 1. The third-order valence-electron chi connectivity index (χ3n) is 4.52. The molecule has 0 saturated carbocycles. The maximum Gasteiger partial charge on any atom is 0.258 e. The van der Waals surface area contributed by atoms with Crippen LogP contribution in [0.2, 0.25) is 5.02 Å². The zero-order valence-electron chi connectivity index (χ0n) is 16.5. The van der Waals surface area contributed by atoms with Gasteiger partial charge in [-0.2, -0.15) is 4.31 Å². The van der Waals surface area contributed by atoms with E-state index in [0.29, 0.717) is 32.8 Å². The Balaban J connectivity index is 1.54. The molecule has 2 aromatic carbocycles. The molecule has 0 bridgehead atoms. The summed E-state index contributed by atoms with van der Waals surface area (Å²) in [6, 6.07) is 11.5. The molecule has 1 N–H and O–H groups in total. The Morgan fingerprint density at radius 1 is 1.17 bits per heavy atom. The molecule has 3 rings (SSSR count). The number of carbonyl (C=O) groups excluding carboxylic acids is 1. The van der Waals surface area contributed by atoms with Crippen molar-refractivity contribution in [1.29, 1.82) is 0 Å². The van der Waals surface area contributed by atoms with Gasteiger partial charge in [0.2, 0.25) is 10.0 Å². The summed E-state index contributed by atoms with van der Waals surface area (Å²) >= 11 is 6.18. The van der Waals surface area contributed by atoms with Crippen molar-refractivity contribution in [3.8, 4) is 11.5 Å². The Labute approximate surface area is 180 Å². The van der Waals surface area contributed by atoms with Crippen LogP contribution in [0, 0.1) is 0 Å². The van der Waals surface area contributed by atoms with Crippen LogP contribution in [0.25, 0.3) is 0 Å². The Morgan fingerprint density at radius 3 is 2.50 bits per heavy atom. The van der Waals surface area contributed by atoms with Crippen LogP contribution in [0.1, 0.15) is 5.56 Å². The highest BCUT2D eigenvalue weighted by molar-refractivity contribution is 7.89. The van der Waals surface area contributed by atoms with Gasteiger partial charge in [0.1, 0.15) is 11.5 Å². The van der Waals surface area contributed by atoms with Crippen molar-refractivity contribution in [1.82, 2.24) is 9.62 Å². The van der Waals surface area contributed by atoms with Crippen LogP contribution in [0.5, 0.6) is 11.5 Å². The Hall–Kier alpha value is -2.33. The van der Waals surface area contributed by atoms with Gasteiger partial charge in [-0.25, -0.2) is 8.42 Å². The molecule has 0 aliphatic carbocycles. The molecule has 0 aromatic heterocycles. The molecule has 1 heterocycles. The highest BCUT2D eigenvalue weighted by Crippen LogP contribution is 2.29. The first kappa shape index (κ1) is 22.4. The minimum absolute atomic E-state index is 0.0747. The number of methoxy groups -OCH3 is 1. The third kappa shape index (κ3) is 5.63. The number of hydrogen-bond acceptors (Lipinski definition) is 6. The summed E-state index contributed by atoms with van der Waals surface area (Å²) in [5.74, 6) is 0.645. The molecule has 0 radical (unpaired) electrons. The molecule has 1 aliphatic rings. The Bertz CT molecular complexity index is 975. The summed E-state index contributed by atoms with van der Waals surface area (Å²) in [5, 5.41) is 2.86. The van der Waals surface area contributed by atoms with Crippen LogP contribution in [-0.4, -0.2) is 58.7 Å². The molecule has 0 spiro atoms. The molecule has 8 nitrogen and oxygen atoms in total. The first-order valence-electron chi connectivity index (χ1n) is 9.30. The second kappa shape index (κ2) is 10.1. The van der Waals surface area contributed by atoms with Gasteiger partial charge < -0.3 is 19.5 Å². The topological polar surface area (TPSA) is 94.2 Å². The first-order valence-corrected chi connectivity index (χ1v) is 11.1. The van der Waals surface area contributed by atoms with Gasteiger partial charge in [-0.3, -0.25) is 4.79 Å². The van der Waals surface area contributed by atoms with Gasteiger partial charge in [0.05, 0.1) is 30.2 Å². The standard InChI is InChI=1S/C20H23ClN2O6S/c1-27-16-4-2-15(3-5-16)13-22-20(24)14-29-19-7-6-17(12-18(19)21)30(25,26)23-8-10-28-11-9-23/h2-7,12H,8-11,13-14H2,1H3,(H,22,24). The van der Waals surface area contributed by atoms with Crippen LogP contribution in [0.15, 0.2) is 47.4 Å². The van der Waals surface area contributed by atoms with Crippen molar-refractivity contribution >= 4 is 27.5 Å². The van der Waals surface area contributed by atoms with Gasteiger partial charge in [0.25, 0.3) is 5.91 Å². The van der Waals surface area contributed by atoms with Gasteiger partial charge in [-0.05, 0) is 35.9 Å². The van der Waals surface area contributed by atoms with E-state index in [0.717, 1.165) is 11.3 Å². The van der Waals surface area contributed by atoms with Crippen LogP contribution in [0.4, 0.5) is 0 Å². The summed E-state index contributed by atoms with van der Waals surface area (Å²) in [5.41, 5.74) is 0.917. The molecule has 0 unspecified atom stereocenters. The van der Waals surface area contributed by atoms with Crippen molar-refractivity contribution in [3.63, 3.8) is 0 Å². The fourth-order valence-electron chi connectivity index (χ4n) is 2.83. The molecule has 2 aromatic rings. The van der Waals surface area contributed by atoms with Gasteiger partial charge in [0, 0.05) is 19.6 Å². The number of nitrogens with one attached hydrogen (secondary N) is 1. The molecule has 1 fully saturated rings. The highest BCUT2D eigenvalue weighted by Gasteiger charge is 2.27. The number of amides is 1. The summed E-state index contributed by atoms with van der Waals surface area (Å²) in [4.78, 5) is 12.1. The molecule has 162 valence electrons. The molecule has 0 atom stereocenters. The number of ether oxygens (including phenoxy) is 3. The number of morpholine rings is 1. The van der Waals surface area contributed by atoms with E-state index in [1.54, 1.807) is 7.11 Å². The molecule has 30 heavy (non-hydrogen) atoms. The number of rotatable bonds is 8. The average Bonchev–Trinajstić information content (AvgIpc) is 2.77.